The van der Waals surface area contributed by atoms with Crippen LogP contribution in [0.15, 0.2) is 41.3 Å². The Kier molecular flexibility index (Phi) is 7.96. The second-order valence-corrected chi connectivity index (χ2v) is 10.3. The van der Waals surface area contributed by atoms with Crippen LogP contribution in [0.25, 0.3) is 0 Å². The van der Waals surface area contributed by atoms with E-state index < -0.39 is 10.1 Å². The Morgan fingerprint density at radius 2 is 1.84 bits per heavy atom. The molecule has 0 heterocycles. The summed E-state index contributed by atoms with van der Waals surface area (Å²) in [6.07, 6.45) is 3.75. The standard InChI is InChI=1S/C23H27Cl2NO5S/c1-4-15(2)26(23(27)17-6-5-7-17)14-16-8-11-21(30-3)22(12-16)31-32(28,29)18-9-10-19(24)20(25)13-18/h8-13,15,17H,4-7,14H2,1-3H3. The molecule has 0 spiro atoms. The number of methoxy groups -OCH3 is 1. The van der Waals surface area contributed by atoms with E-state index in [4.69, 9.17) is 32.1 Å². The van der Waals surface area contributed by atoms with E-state index in [-0.39, 0.29) is 44.3 Å². The van der Waals surface area contributed by atoms with Crippen LogP contribution in [0, 0.1) is 5.92 Å². The van der Waals surface area contributed by atoms with Crippen LogP contribution in [0.1, 0.15) is 45.1 Å². The number of hydrogen-bond donors (Lipinski definition) is 0. The van der Waals surface area contributed by atoms with Gasteiger partial charge in [0.05, 0.1) is 17.2 Å². The topological polar surface area (TPSA) is 72.9 Å². The fourth-order valence-corrected chi connectivity index (χ4v) is 4.76. The van der Waals surface area contributed by atoms with Crippen LogP contribution < -0.4 is 8.92 Å². The Morgan fingerprint density at radius 1 is 1.12 bits per heavy atom. The molecule has 0 radical (unpaired) electrons. The number of rotatable bonds is 9. The second-order valence-electron chi connectivity index (χ2n) is 7.95. The van der Waals surface area contributed by atoms with Crippen LogP contribution in [0.4, 0.5) is 0 Å². The van der Waals surface area contributed by atoms with Crippen molar-refractivity contribution in [3.05, 3.63) is 52.0 Å². The number of halogens is 2. The first-order chi connectivity index (χ1) is 15.2. The molecule has 3 rings (SSSR count). The first kappa shape index (κ1) is 24.7. The average Bonchev–Trinajstić information content (AvgIpc) is 2.71. The molecule has 0 saturated heterocycles. The predicted molar refractivity (Wildman–Crippen MR) is 125 cm³/mol. The zero-order valence-corrected chi connectivity index (χ0v) is 20.6. The monoisotopic (exact) mass is 499 g/mol. The molecule has 32 heavy (non-hydrogen) atoms. The summed E-state index contributed by atoms with van der Waals surface area (Å²) in [6.45, 7) is 4.42. The highest BCUT2D eigenvalue weighted by molar-refractivity contribution is 7.87. The molecule has 1 amide bonds. The van der Waals surface area contributed by atoms with Gasteiger partial charge < -0.3 is 13.8 Å². The summed E-state index contributed by atoms with van der Waals surface area (Å²) >= 11 is 11.9. The molecular weight excluding hydrogens is 473 g/mol. The van der Waals surface area contributed by atoms with Crippen LogP contribution in [0.3, 0.4) is 0 Å². The fourth-order valence-electron chi connectivity index (χ4n) is 3.44. The third-order valence-corrected chi connectivity index (χ3v) is 7.79. The molecule has 1 aliphatic rings. The normalized spacial score (nSPS) is 15.0. The van der Waals surface area contributed by atoms with Crippen molar-refractivity contribution in [1.82, 2.24) is 4.90 Å². The largest absolute Gasteiger partial charge is 0.493 e. The van der Waals surface area contributed by atoms with Gasteiger partial charge in [0.1, 0.15) is 4.90 Å². The highest BCUT2D eigenvalue weighted by atomic mass is 35.5. The van der Waals surface area contributed by atoms with E-state index in [2.05, 4.69) is 0 Å². The van der Waals surface area contributed by atoms with E-state index in [1.165, 1.54) is 25.3 Å². The molecule has 2 aromatic rings. The van der Waals surface area contributed by atoms with Crippen LogP contribution >= 0.6 is 23.2 Å². The van der Waals surface area contributed by atoms with E-state index in [1.807, 2.05) is 18.7 Å². The lowest BCUT2D eigenvalue weighted by Gasteiger charge is -2.35. The lowest BCUT2D eigenvalue weighted by molar-refractivity contribution is -0.141. The highest BCUT2D eigenvalue weighted by Crippen LogP contribution is 2.34. The van der Waals surface area contributed by atoms with Gasteiger partial charge in [-0.1, -0.05) is 42.6 Å². The van der Waals surface area contributed by atoms with Gasteiger partial charge in [-0.3, -0.25) is 4.79 Å². The molecule has 0 bridgehead atoms. The van der Waals surface area contributed by atoms with E-state index >= 15 is 0 Å². The molecule has 0 aliphatic heterocycles. The van der Waals surface area contributed by atoms with Gasteiger partial charge in [0.15, 0.2) is 11.5 Å². The minimum absolute atomic E-state index is 0.0382. The molecule has 1 saturated carbocycles. The highest BCUT2D eigenvalue weighted by Gasteiger charge is 2.31. The molecule has 0 N–H and O–H groups in total. The van der Waals surface area contributed by atoms with Gasteiger partial charge in [-0.2, -0.15) is 8.42 Å². The molecule has 1 aliphatic carbocycles. The summed E-state index contributed by atoms with van der Waals surface area (Å²) in [5, 5.41) is 0.349. The van der Waals surface area contributed by atoms with Crippen LogP contribution in [-0.4, -0.2) is 32.4 Å². The quantitative estimate of drug-likeness (QED) is 0.413. The van der Waals surface area contributed by atoms with Crippen molar-refractivity contribution in [2.24, 2.45) is 5.92 Å². The number of hydrogen-bond acceptors (Lipinski definition) is 5. The zero-order valence-electron chi connectivity index (χ0n) is 18.3. The van der Waals surface area contributed by atoms with E-state index in [0.717, 1.165) is 31.2 Å². The Balaban J connectivity index is 1.88. The predicted octanol–water partition coefficient (Wildman–Crippen LogP) is 5.70. The molecule has 1 fully saturated rings. The summed E-state index contributed by atoms with van der Waals surface area (Å²) in [7, 11) is -2.75. The first-order valence-corrected chi connectivity index (χ1v) is 12.7. The van der Waals surface area contributed by atoms with Gasteiger partial charge in [0.2, 0.25) is 5.91 Å². The van der Waals surface area contributed by atoms with Crippen molar-refractivity contribution < 1.29 is 22.1 Å². The van der Waals surface area contributed by atoms with E-state index in [9.17, 15) is 13.2 Å². The Morgan fingerprint density at radius 3 is 2.41 bits per heavy atom. The maximum Gasteiger partial charge on any atom is 0.339 e. The van der Waals surface area contributed by atoms with Gasteiger partial charge in [-0.15, -0.1) is 0 Å². The maximum absolute atomic E-state index is 13.0. The first-order valence-electron chi connectivity index (χ1n) is 10.5. The summed E-state index contributed by atoms with van der Waals surface area (Å²) in [4.78, 5) is 14.7. The third-order valence-electron chi connectivity index (χ3n) is 5.82. The molecule has 9 heteroatoms. The van der Waals surface area contributed by atoms with Gasteiger partial charge in [-0.05, 0) is 62.1 Å². The lowest BCUT2D eigenvalue weighted by Crippen LogP contribution is -2.43. The summed E-state index contributed by atoms with van der Waals surface area (Å²) in [5.41, 5.74) is 0.748. The van der Waals surface area contributed by atoms with Crippen molar-refractivity contribution >= 4 is 39.2 Å². The van der Waals surface area contributed by atoms with E-state index in [1.54, 1.807) is 18.2 Å². The van der Waals surface area contributed by atoms with Gasteiger partial charge >= 0.3 is 10.1 Å². The van der Waals surface area contributed by atoms with Crippen molar-refractivity contribution in [3.63, 3.8) is 0 Å². The Labute approximate surface area is 199 Å². The molecule has 2 aromatic carbocycles. The molecule has 6 nitrogen and oxygen atoms in total. The van der Waals surface area contributed by atoms with Crippen molar-refractivity contribution in [1.29, 1.82) is 0 Å². The number of carbonyl (C=O) groups is 1. The zero-order chi connectivity index (χ0) is 23.5. The number of ether oxygens (including phenoxy) is 1. The number of carbonyl (C=O) groups excluding carboxylic acids is 1. The summed E-state index contributed by atoms with van der Waals surface area (Å²) in [5.74, 6) is 0.523. The van der Waals surface area contributed by atoms with Crippen LogP contribution in [0.5, 0.6) is 11.5 Å². The molecule has 0 aromatic heterocycles. The summed E-state index contributed by atoms with van der Waals surface area (Å²) in [6, 6.07) is 9.05. The van der Waals surface area contributed by atoms with E-state index in [0.29, 0.717) is 6.54 Å². The number of benzene rings is 2. The van der Waals surface area contributed by atoms with Crippen molar-refractivity contribution in [2.75, 3.05) is 7.11 Å². The number of nitrogens with zero attached hydrogens (tertiary/aromatic N) is 1. The fraction of sp³-hybridized carbons (Fsp3) is 0.435. The van der Waals surface area contributed by atoms with Gasteiger partial charge in [0.25, 0.3) is 0 Å². The average molecular weight is 500 g/mol. The molecular formula is C23H27Cl2NO5S. The molecule has 1 atom stereocenters. The molecule has 1 unspecified atom stereocenters. The molecule has 174 valence electrons. The smallest absolute Gasteiger partial charge is 0.339 e. The van der Waals surface area contributed by atoms with Crippen LogP contribution in [0.2, 0.25) is 10.0 Å². The lowest BCUT2D eigenvalue weighted by atomic mass is 9.84. The van der Waals surface area contributed by atoms with Gasteiger partial charge in [-0.25, -0.2) is 0 Å². The minimum Gasteiger partial charge on any atom is -0.493 e. The second kappa shape index (κ2) is 10.3. The van der Waals surface area contributed by atoms with Crippen LogP contribution in [-0.2, 0) is 21.5 Å². The SMILES string of the molecule is CCC(C)N(Cc1ccc(OC)c(OS(=O)(=O)c2ccc(Cl)c(Cl)c2)c1)C(=O)C1CCC1. The van der Waals surface area contributed by atoms with Crippen molar-refractivity contribution in [2.45, 2.75) is 57.0 Å². The summed E-state index contributed by atoms with van der Waals surface area (Å²) < 4.78 is 36.3. The van der Waals surface area contributed by atoms with Gasteiger partial charge in [0, 0.05) is 18.5 Å². The minimum atomic E-state index is -4.18. The third kappa shape index (κ3) is 5.50. The van der Waals surface area contributed by atoms with Crippen molar-refractivity contribution in [3.8, 4) is 11.5 Å². The number of amides is 1. The maximum atomic E-state index is 13.0. The Bertz CT molecular complexity index is 1090. The Hall–Kier alpha value is -1.96.